The molecule has 2 rings (SSSR count). The van der Waals surface area contributed by atoms with Gasteiger partial charge in [0.05, 0.1) is 11.6 Å². The Morgan fingerprint density at radius 1 is 1.56 bits per heavy atom. The molecule has 18 heavy (non-hydrogen) atoms. The number of rotatable bonds is 4. The fourth-order valence-electron chi connectivity index (χ4n) is 2.13. The van der Waals surface area contributed by atoms with Gasteiger partial charge in [0.15, 0.2) is 0 Å². The van der Waals surface area contributed by atoms with Gasteiger partial charge in [0.1, 0.15) is 0 Å². The molecule has 2 amide bonds. The Kier molecular flexibility index (Phi) is 4.01. The zero-order chi connectivity index (χ0) is 13.1. The van der Waals surface area contributed by atoms with Gasteiger partial charge in [-0.15, -0.1) is 11.3 Å². The molecule has 2 heterocycles. The highest BCUT2D eigenvalue weighted by atomic mass is 32.1. The highest BCUT2D eigenvalue weighted by Crippen LogP contribution is 2.16. The summed E-state index contributed by atoms with van der Waals surface area (Å²) in [6.45, 7) is 5.37. The number of hydrogen-bond acceptors (Lipinski definition) is 3. The molecule has 0 bridgehead atoms. The van der Waals surface area contributed by atoms with Gasteiger partial charge in [0, 0.05) is 29.8 Å². The number of hydrogen-bond donors (Lipinski definition) is 1. The third-order valence-corrected chi connectivity index (χ3v) is 4.28. The van der Waals surface area contributed by atoms with Crippen LogP contribution in [-0.4, -0.2) is 35.8 Å². The van der Waals surface area contributed by atoms with Crippen LogP contribution < -0.4 is 5.32 Å². The third kappa shape index (κ3) is 2.72. The SMILES string of the molecule is CCc1cc(C(=O)N[C@@H]2CC(=O)N(CC)C2)cs1. The zero-order valence-corrected chi connectivity index (χ0v) is 11.5. The second-order valence-corrected chi connectivity index (χ2v) is 5.46. The molecule has 98 valence electrons. The summed E-state index contributed by atoms with van der Waals surface area (Å²) in [5, 5.41) is 4.81. The van der Waals surface area contributed by atoms with E-state index in [1.165, 1.54) is 4.88 Å². The molecular formula is C13H18N2O2S. The van der Waals surface area contributed by atoms with Crippen molar-refractivity contribution in [3.63, 3.8) is 0 Å². The number of thiophene rings is 1. The lowest BCUT2D eigenvalue weighted by molar-refractivity contribution is -0.127. The molecule has 5 heteroatoms. The van der Waals surface area contributed by atoms with Gasteiger partial charge >= 0.3 is 0 Å². The first kappa shape index (κ1) is 13.1. The molecule has 0 aromatic carbocycles. The van der Waals surface area contributed by atoms with E-state index in [0.717, 1.165) is 6.42 Å². The zero-order valence-electron chi connectivity index (χ0n) is 10.7. The number of nitrogens with zero attached hydrogens (tertiary/aromatic N) is 1. The van der Waals surface area contributed by atoms with Crippen molar-refractivity contribution in [3.05, 3.63) is 21.9 Å². The Morgan fingerprint density at radius 3 is 2.89 bits per heavy atom. The van der Waals surface area contributed by atoms with E-state index in [1.807, 2.05) is 18.4 Å². The van der Waals surface area contributed by atoms with Gasteiger partial charge in [-0.25, -0.2) is 0 Å². The minimum absolute atomic E-state index is 0.0464. The Bertz CT molecular complexity index is 456. The van der Waals surface area contributed by atoms with Crippen LogP contribution in [0.1, 0.15) is 35.5 Å². The number of amides is 2. The van der Waals surface area contributed by atoms with Gasteiger partial charge in [-0.2, -0.15) is 0 Å². The standard InChI is InChI=1S/C13H18N2O2S/c1-3-11-5-9(8-18-11)13(17)14-10-6-12(16)15(4-2)7-10/h5,8,10H,3-4,6-7H2,1-2H3,(H,14,17)/t10-/m1/s1. The van der Waals surface area contributed by atoms with Gasteiger partial charge in [0.25, 0.3) is 5.91 Å². The van der Waals surface area contributed by atoms with E-state index >= 15 is 0 Å². The first-order chi connectivity index (χ1) is 8.63. The van der Waals surface area contributed by atoms with Gasteiger partial charge in [-0.05, 0) is 19.4 Å². The van der Waals surface area contributed by atoms with Crippen LogP contribution in [0.2, 0.25) is 0 Å². The van der Waals surface area contributed by atoms with Crippen molar-refractivity contribution >= 4 is 23.2 Å². The van der Waals surface area contributed by atoms with Gasteiger partial charge in [0.2, 0.25) is 5.91 Å². The maximum Gasteiger partial charge on any atom is 0.252 e. The topological polar surface area (TPSA) is 49.4 Å². The summed E-state index contributed by atoms with van der Waals surface area (Å²) < 4.78 is 0. The minimum atomic E-state index is -0.0679. The second-order valence-electron chi connectivity index (χ2n) is 4.46. The molecule has 1 aromatic rings. The summed E-state index contributed by atoms with van der Waals surface area (Å²) >= 11 is 1.60. The second kappa shape index (κ2) is 5.52. The highest BCUT2D eigenvalue weighted by Gasteiger charge is 2.29. The quantitative estimate of drug-likeness (QED) is 0.901. The van der Waals surface area contributed by atoms with Crippen molar-refractivity contribution in [2.24, 2.45) is 0 Å². The summed E-state index contributed by atoms with van der Waals surface area (Å²) in [7, 11) is 0. The Morgan fingerprint density at radius 2 is 2.33 bits per heavy atom. The normalized spacial score (nSPS) is 19.3. The smallest absolute Gasteiger partial charge is 0.252 e. The Balaban J connectivity index is 1.94. The van der Waals surface area contributed by atoms with Crippen LogP contribution >= 0.6 is 11.3 Å². The average Bonchev–Trinajstić information content (AvgIpc) is 2.95. The van der Waals surface area contributed by atoms with Gasteiger partial charge in [-0.1, -0.05) is 6.92 Å². The summed E-state index contributed by atoms with van der Waals surface area (Å²) in [6.07, 6.45) is 1.37. The van der Waals surface area contributed by atoms with Crippen LogP contribution in [0.25, 0.3) is 0 Å². The predicted molar refractivity (Wildman–Crippen MR) is 71.8 cm³/mol. The molecule has 1 atom stereocenters. The molecule has 1 saturated heterocycles. The largest absolute Gasteiger partial charge is 0.347 e. The summed E-state index contributed by atoms with van der Waals surface area (Å²) in [6, 6.07) is 1.88. The predicted octanol–water partition coefficient (Wildman–Crippen LogP) is 1.66. The molecule has 1 aliphatic rings. The lowest BCUT2D eigenvalue weighted by Gasteiger charge is -2.14. The van der Waals surface area contributed by atoms with E-state index in [9.17, 15) is 9.59 Å². The van der Waals surface area contributed by atoms with E-state index in [2.05, 4.69) is 12.2 Å². The van der Waals surface area contributed by atoms with E-state index in [-0.39, 0.29) is 17.9 Å². The Labute approximate surface area is 111 Å². The van der Waals surface area contributed by atoms with Crippen LogP contribution in [0.15, 0.2) is 11.4 Å². The highest BCUT2D eigenvalue weighted by molar-refractivity contribution is 7.10. The summed E-state index contributed by atoms with van der Waals surface area (Å²) in [5.74, 6) is 0.0593. The molecule has 1 aliphatic heterocycles. The average molecular weight is 266 g/mol. The summed E-state index contributed by atoms with van der Waals surface area (Å²) in [5.41, 5.74) is 0.708. The molecule has 4 nitrogen and oxygen atoms in total. The summed E-state index contributed by atoms with van der Waals surface area (Å²) in [4.78, 5) is 26.5. The lowest BCUT2D eigenvalue weighted by Crippen LogP contribution is -2.36. The van der Waals surface area contributed by atoms with Crippen molar-refractivity contribution in [1.82, 2.24) is 10.2 Å². The van der Waals surface area contributed by atoms with Gasteiger partial charge in [-0.3, -0.25) is 9.59 Å². The molecule has 0 aliphatic carbocycles. The molecule has 0 radical (unpaired) electrons. The number of carbonyl (C=O) groups excluding carboxylic acids is 2. The first-order valence-electron chi connectivity index (χ1n) is 6.30. The fraction of sp³-hybridized carbons (Fsp3) is 0.538. The van der Waals surface area contributed by atoms with Crippen molar-refractivity contribution in [2.75, 3.05) is 13.1 Å². The number of carbonyl (C=O) groups is 2. The minimum Gasteiger partial charge on any atom is -0.347 e. The number of nitrogens with one attached hydrogen (secondary N) is 1. The molecule has 0 spiro atoms. The molecule has 0 unspecified atom stereocenters. The van der Waals surface area contributed by atoms with Crippen molar-refractivity contribution in [2.45, 2.75) is 32.7 Å². The molecule has 0 saturated carbocycles. The first-order valence-corrected chi connectivity index (χ1v) is 7.18. The fourth-order valence-corrected chi connectivity index (χ4v) is 2.94. The van der Waals surface area contributed by atoms with E-state index < -0.39 is 0 Å². The molecule has 1 fully saturated rings. The monoisotopic (exact) mass is 266 g/mol. The van der Waals surface area contributed by atoms with Crippen molar-refractivity contribution < 1.29 is 9.59 Å². The number of aryl methyl sites for hydroxylation is 1. The lowest BCUT2D eigenvalue weighted by atomic mass is 10.2. The molecule has 1 N–H and O–H groups in total. The van der Waals surface area contributed by atoms with E-state index in [4.69, 9.17) is 0 Å². The van der Waals surface area contributed by atoms with Crippen LogP contribution in [-0.2, 0) is 11.2 Å². The maximum atomic E-state index is 12.0. The van der Waals surface area contributed by atoms with Crippen LogP contribution in [0.4, 0.5) is 0 Å². The number of likely N-dealkylation sites (tertiary alicyclic amines) is 1. The van der Waals surface area contributed by atoms with Crippen LogP contribution in [0.5, 0.6) is 0 Å². The number of likely N-dealkylation sites (N-methyl/N-ethyl adjacent to an activating group) is 1. The maximum absolute atomic E-state index is 12.0. The van der Waals surface area contributed by atoms with Crippen molar-refractivity contribution in [3.8, 4) is 0 Å². The molecular weight excluding hydrogens is 248 g/mol. The third-order valence-electron chi connectivity index (χ3n) is 3.20. The van der Waals surface area contributed by atoms with Crippen LogP contribution in [0.3, 0.4) is 0 Å². The van der Waals surface area contributed by atoms with E-state index in [0.29, 0.717) is 25.1 Å². The van der Waals surface area contributed by atoms with Gasteiger partial charge < -0.3 is 10.2 Å². The molecule has 1 aromatic heterocycles. The Hall–Kier alpha value is -1.36. The van der Waals surface area contributed by atoms with Crippen molar-refractivity contribution in [1.29, 1.82) is 0 Å². The van der Waals surface area contributed by atoms with E-state index in [1.54, 1.807) is 16.2 Å². The van der Waals surface area contributed by atoms with Crippen LogP contribution in [0, 0.1) is 0 Å².